The molecule has 0 aliphatic carbocycles. The Morgan fingerprint density at radius 2 is 2.08 bits per heavy atom. The summed E-state index contributed by atoms with van der Waals surface area (Å²) in [6, 6.07) is 3.09. The fourth-order valence-electron chi connectivity index (χ4n) is 2.44. The molecule has 0 aliphatic heterocycles. The lowest BCUT2D eigenvalue weighted by Gasteiger charge is -2.09. The highest BCUT2D eigenvalue weighted by Crippen LogP contribution is 2.11. The summed E-state index contributed by atoms with van der Waals surface area (Å²) in [5, 5.41) is 10.9. The molecule has 0 aliphatic rings. The standard InChI is InChI=1S/C15H13N5O3S/c1-3-18-6-10(5-16)13(22)19(15(18)23)7-11-4-12(21)20-9(2)8-24-14(20)17-11/h4,6,8H,3,7H2,1-2H3. The highest BCUT2D eigenvalue weighted by atomic mass is 32.1. The van der Waals surface area contributed by atoms with E-state index in [0.717, 1.165) is 10.3 Å². The summed E-state index contributed by atoms with van der Waals surface area (Å²) in [5.41, 5.74) is -0.535. The molecule has 0 spiro atoms. The van der Waals surface area contributed by atoms with Crippen LogP contribution in [-0.4, -0.2) is 18.5 Å². The summed E-state index contributed by atoms with van der Waals surface area (Å²) >= 11 is 1.31. The minimum absolute atomic E-state index is 0.124. The number of nitrogens with zero attached hydrogens (tertiary/aromatic N) is 5. The lowest BCUT2D eigenvalue weighted by atomic mass is 10.3. The van der Waals surface area contributed by atoms with Gasteiger partial charge < -0.3 is 0 Å². The van der Waals surface area contributed by atoms with Gasteiger partial charge in [0.25, 0.3) is 11.1 Å². The SMILES string of the molecule is CCn1cc(C#N)c(=O)n(Cc2cc(=O)n3c(C)csc3n2)c1=O. The molecule has 0 aromatic carbocycles. The molecule has 0 saturated heterocycles. The van der Waals surface area contributed by atoms with Crippen molar-refractivity contribution >= 4 is 16.3 Å². The van der Waals surface area contributed by atoms with Gasteiger partial charge in [0.1, 0.15) is 11.6 Å². The van der Waals surface area contributed by atoms with E-state index in [4.69, 9.17) is 5.26 Å². The number of hydrogen-bond donors (Lipinski definition) is 0. The number of thiazole rings is 1. The summed E-state index contributed by atoms with van der Waals surface area (Å²) in [6.07, 6.45) is 1.25. The number of fused-ring (bicyclic) bond motifs is 1. The Hall–Kier alpha value is -2.99. The van der Waals surface area contributed by atoms with Crippen LogP contribution in [0.2, 0.25) is 0 Å². The molecular formula is C15H13N5O3S. The molecule has 0 unspecified atom stereocenters. The first-order chi connectivity index (χ1) is 11.5. The molecule has 0 bridgehead atoms. The highest BCUT2D eigenvalue weighted by Gasteiger charge is 2.13. The first kappa shape index (κ1) is 15.9. The second kappa shape index (κ2) is 5.90. The van der Waals surface area contributed by atoms with Crippen molar-refractivity contribution in [1.82, 2.24) is 18.5 Å². The molecule has 3 aromatic rings. The second-order valence-corrected chi connectivity index (χ2v) is 6.03. The minimum atomic E-state index is -0.684. The summed E-state index contributed by atoms with van der Waals surface area (Å²) < 4.78 is 3.67. The van der Waals surface area contributed by atoms with Crippen LogP contribution in [0.1, 0.15) is 23.9 Å². The van der Waals surface area contributed by atoms with Crippen molar-refractivity contribution in [3.63, 3.8) is 0 Å². The topological polar surface area (TPSA) is 102 Å². The molecule has 0 N–H and O–H groups in total. The van der Waals surface area contributed by atoms with E-state index in [1.807, 2.05) is 0 Å². The largest absolute Gasteiger partial charge is 0.331 e. The Bertz CT molecular complexity index is 1160. The summed E-state index contributed by atoms with van der Waals surface area (Å²) in [6.45, 7) is 3.71. The van der Waals surface area contributed by atoms with Crippen LogP contribution in [-0.2, 0) is 13.1 Å². The maximum Gasteiger partial charge on any atom is 0.331 e. The molecule has 0 saturated carbocycles. The van der Waals surface area contributed by atoms with E-state index < -0.39 is 11.2 Å². The third kappa shape index (κ3) is 2.47. The van der Waals surface area contributed by atoms with Gasteiger partial charge in [0.15, 0.2) is 4.96 Å². The summed E-state index contributed by atoms with van der Waals surface area (Å²) in [7, 11) is 0. The predicted octanol–water partition coefficient (Wildman–Crippen LogP) is 0.328. The predicted molar refractivity (Wildman–Crippen MR) is 88.5 cm³/mol. The fraction of sp³-hybridized carbons (Fsp3) is 0.267. The van der Waals surface area contributed by atoms with Crippen LogP contribution in [0.3, 0.4) is 0 Å². The van der Waals surface area contributed by atoms with Crippen LogP contribution >= 0.6 is 11.3 Å². The maximum atomic E-state index is 12.4. The maximum absolute atomic E-state index is 12.4. The van der Waals surface area contributed by atoms with Crippen LogP contribution in [0.15, 0.2) is 32.0 Å². The van der Waals surface area contributed by atoms with Crippen molar-refractivity contribution in [1.29, 1.82) is 5.26 Å². The molecule has 9 heteroatoms. The Labute approximate surface area is 139 Å². The van der Waals surface area contributed by atoms with E-state index in [9.17, 15) is 14.4 Å². The zero-order valence-electron chi connectivity index (χ0n) is 13.0. The van der Waals surface area contributed by atoms with Gasteiger partial charge in [0.05, 0.1) is 12.2 Å². The molecule has 0 atom stereocenters. The smallest absolute Gasteiger partial charge is 0.299 e. The van der Waals surface area contributed by atoms with Crippen LogP contribution in [0.25, 0.3) is 4.96 Å². The normalized spacial score (nSPS) is 10.9. The molecular weight excluding hydrogens is 330 g/mol. The number of hydrogen-bond acceptors (Lipinski definition) is 6. The zero-order chi connectivity index (χ0) is 17.4. The van der Waals surface area contributed by atoms with Gasteiger partial charge in [-0.25, -0.2) is 9.78 Å². The van der Waals surface area contributed by atoms with E-state index in [1.54, 1.807) is 25.3 Å². The van der Waals surface area contributed by atoms with Crippen molar-refractivity contribution in [2.24, 2.45) is 0 Å². The first-order valence-corrected chi connectivity index (χ1v) is 8.05. The molecule has 0 amide bonds. The Balaban J connectivity index is 2.19. The number of aromatic nitrogens is 4. The number of rotatable bonds is 3. The monoisotopic (exact) mass is 343 g/mol. The van der Waals surface area contributed by atoms with E-state index in [2.05, 4.69) is 4.98 Å². The number of nitriles is 1. The van der Waals surface area contributed by atoms with Crippen LogP contribution in [0.5, 0.6) is 0 Å². The lowest BCUT2D eigenvalue weighted by Crippen LogP contribution is -2.41. The van der Waals surface area contributed by atoms with Crippen molar-refractivity contribution in [2.75, 3.05) is 0 Å². The molecule has 122 valence electrons. The van der Waals surface area contributed by atoms with E-state index >= 15 is 0 Å². The van der Waals surface area contributed by atoms with Crippen LogP contribution < -0.4 is 16.8 Å². The quantitative estimate of drug-likeness (QED) is 0.682. The van der Waals surface area contributed by atoms with E-state index in [0.29, 0.717) is 17.2 Å². The van der Waals surface area contributed by atoms with Gasteiger partial charge in [-0.2, -0.15) is 5.26 Å². The molecule has 3 heterocycles. The minimum Gasteiger partial charge on any atom is -0.299 e. The van der Waals surface area contributed by atoms with Gasteiger partial charge >= 0.3 is 5.69 Å². The van der Waals surface area contributed by atoms with Gasteiger partial charge in [-0.15, -0.1) is 11.3 Å². The molecule has 3 aromatic heterocycles. The van der Waals surface area contributed by atoms with Crippen LogP contribution in [0, 0.1) is 18.3 Å². The van der Waals surface area contributed by atoms with Crippen molar-refractivity contribution in [3.05, 3.63) is 65.8 Å². The van der Waals surface area contributed by atoms with Gasteiger partial charge in [-0.05, 0) is 13.8 Å². The fourth-order valence-corrected chi connectivity index (χ4v) is 3.33. The average Bonchev–Trinajstić information content (AvgIpc) is 2.93. The summed E-state index contributed by atoms with van der Waals surface area (Å²) in [5.74, 6) is 0. The van der Waals surface area contributed by atoms with Gasteiger partial charge in [-0.3, -0.25) is 23.1 Å². The third-order valence-electron chi connectivity index (χ3n) is 3.65. The number of aryl methyl sites for hydroxylation is 2. The average molecular weight is 343 g/mol. The molecule has 24 heavy (non-hydrogen) atoms. The van der Waals surface area contributed by atoms with Crippen LogP contribution in [0.4, 0.5) is 0 Å². The van der Waals surface area contributed by atoms with E-state index in [-0.39, 0.29) is 17.7 Å². The van der Waals surface area contributed by atoms with Gasteiger partial charge in [0.2, 0.25) is 0 Å². The van der Waals surface area contributed by atoms with Gasteiger partial charge in [0, 0.05) is 29.9 Å². The second-order valence-electron chi connectivity index (χ2n) is 5.20. The molecule has 0 fully saturated rings. The molecule has 0 radical (unpaired) electrons. The molecule has 3 rings (SSSR count). The Kier molecular flexibility index (Phi) is 3.91. The van der Waals surface area contributed by atoms with Gasteiger partial charge in [-0.1, -0.05) is 0 Å². The third-order valence-corrected chi connectivity index (χ3v) is 4.59. The highest BCUT2D eigenvalue weighted by molar-refractivity contribution is 7.15. The first-order valence-electron chi connectivity index (χ1n) is 7.17. The van der Waals surface area contributed by atoms with Crippen molar-refractivity contribution in [2.45, 2.75) is 26.9 Å². The van der Waals surface area contributed by atoms with Crippen molar-refractivity contribution in [3.8, 4) is 6.07 Å². The lowest BCUT2D eigenvalue weighted by molar-refractivity contribution is 0.592. The summed E-state index contributed by atoms with van der Waals surface area (Å²) in [4.78, 5) is 41.6. The molecule has 8 nitrogen and oxygen atoms in total. The van der Waals surface area contributed by atoms with Crippen molar-refractivity contribution < 1.29 is 0 Å². The zero-order valence-corrected chi connectivity index (χ0v) is 13.8. The Morgan fingerprint density at radius 1 is 1.33 bits per heavy atom. The van der Waals surface area contributed by atoms with E-state index in [1.165, 1.54) is 32.6 Å². The Morgan fingerprint density at radius 3 is 2.75 bits per heavy atom.